The molecule has 34 heavy (non-hydrogen) atoms. The van der Waals surface area contributed by atoms with Gasteiger partial charge in [-0.25, -0.2) is 4.79 Å². The average Bonchev–Trinajstić information content (AvgIpc) is 3.52. The molecule has 2 atom stereocenters. The molecule has 2 aromatic carbocycles. The van der Waals surface area contributed by atoms with Crippen LogP contribution >= 0.6 is 0 Å². The molecule has 2 aromatic rings. The van der Waals surface area contributed by atoms with Crippen LogP contribution in [0.15, 0.2) is 72.8 Å². The summed E-state index contributed by atoms with van der Waals surface area (Å²) in [7, 11) is 0. The zero-order chi connectivity index (χ0) is 23.8. The maximum atomic E-state index is 12.7. The highest BCUT2D eigenvalue weighted by molar-refractivity contribution is 5.93. The Labute approximate surface area is 200 Å². The van der Waals surface area contributed by atoms with E-state index in [-0.39, 0.29) is 30.2 Å². The van der Waals surface area contributed by atoms with Crippen LogP contribution in [-0.2, 0) is 9.59 Å². The zero-order valence-electron chi connectivity index (χ0n) is 19.1. The lowest BCUT2D eigenvalue weighted by atomic mass is 10.2. The Morgan fingerprint density at radius 1 is 0.676 bits per heavy atom. The summed E-state index contributed by atoms with van der Waals surface area (Å²) in [6.45, 7) is 1.20. The number of nitrogens with one attached hydrogen (secondary N) is 2. The van der Waals surface area contributed by atoms with Crippen molar-refractivity contribution in [3.05, 3.63) is 83.9 Å². The first-order valence-electron chi connectivity index (χ1n) is 11.7. The number of rotatable bonds is 6. The summed E-state index contributed by atoms with van der Waals surface area (Å²) < 4.78 is 0. The van der Waals surface area contributed by atoms with Crippen LogP contribution in [0.25, 0.3) is 12.2 Å². The second-order valence-electron chi connectivity index (χ2n) is 8.49. The van der Waals surface area contributed by atoms with Crippen molar-refractivity contribution < 1.29 is 14.4 Å². The lowest BCUT2D eigenvalue weighted by Crippen LogP contribution is -2.54. The highest BCUT2D eigenvalue weighted by Gasteiger charge is 2.32. The predicted molar refractivity (Wildman–Crippen MR) is 132 cm³/mol. The van der Waals surface area contributed by atoms with Crippen LogP contribution in [0.5, 0.6) is 0 Å². The van der Waals surface area contributed by atoms with Crippen LogP contribution < -0.4 is 10.6 Å². The highest BCUT2D eigenvalue weighted by Crippen LogP contribution is 2.18. The van der Waals surface area contributed by atoms with E-state index in [1.165, 1.54) is 0 Å². The number of urea groups is 1. The Kier molecular flexibility index (Phi) is 7.75. The number of carbonyl (C=O) groups excluding carboxylic acids is 3. The lowest BCUT2D eigenvalue weighted by Gasteiger charge is -2.28. The summed E-state index contributed by atoms with van der Waals surface area (Å²) in [5, 5.41) is 5.83. The van der Waals surface area contributed by atoms with E-state index in [4.69, 9.17) is 0 Å². The molecular formula is C27H30N4O3. The molecule has 2 aliphatic heterocycles. The average molecular weight is 459 g/mol. The topological polar surface area (TPSA) is 81.8 Å². The fourth-order valence-corrected chi connectivity index (χ4v) is 4.36. The largest absolute Gasteiger partial charge is 0.319 e. The molecule has 0 bridgehead atoms. The fraction of sp³-hybridized carbons (Fsp3) is 0.296. The molecule has 2 fully saturated rings. The van der Waals surface area contributed by atoms with Crippen molar-refractivity contribution in [2.45, 2.75) is 38.0 Å². The van der Waals surface area contributed by atoms with Crippen LogP contribution in [0.3, 0.4) is 0 Å². The van der Waals surface area contributed by atoms with Gasteiger partial charge in [0.05, 0.1) is 0 Å². The summed E-state index contributed by atoms with van der Waals surface area (Å²) in [5.74, 6) is -0.259. The molecule has 7 heteroatoms. The quantitative estimate of drug-likeness (QED) is 0.649. The molecule has 0 aliphatic carbocycles. The van der Waals surface area contributed by atoms with Gasteiger partial charge in [0, 0.05) is 25.2 Å². The van der Waals surface area contributed by atoms with Gasteiger partial charge in [-0.05, 0) is 49.0 Å². The minimum atomic E-state index is -0.367. The van der Waals surface area contributed by atoms with Crippen molar-refractivity contribution in [2.75, 3.05) is 13.1 Å². The number of amides is 4. The Morgan fingerprint density at radius 3 is 1.50 bits per heavy atom. The third kappa shape index (κ3) is 6.13. The van der Waals surface area contributed by atoms with E-state index in [1.54, 1.807) is 34.1 Å². The van der Waals surface area contributed by atoms with Gasteiger partial charge in [0.15, 0.2) is 0 Å². The molecule has 2 N–H and O–H groups in total. The molecular weight excluding hydrogens is 428 g/mol. The van der Waals surface area contributed by atoms with E-state index in [9.17, 15) is 14.4 Å². The van der Waals surface area contributed by atoms with E-state index in [0.717, 1.165) is 24.0 Å². The molecule has 2 saturated heterocycles. The molecule has 0 aromatic heterocycles. The summed E-state index contributed by atoms with van der Waals surface area (Å²) in [6.07, 6.45) is 8.98. The van der Waals surface area contributed by atoms with Gasteiger partial charge in [-0.3, -0.25) is 9.59 Å². The minimum absolute atomic E-state index is 0.129. The van der Waals surface area contributed by atoms with Crippen molar-refractivity contribution >= 4 is 30.0 Å². The number of nitrogens with zero attached hydrogens (tertiary/aromatic N) is 2. The van der Waals surface area contributed by atoms with Gasteiger partial charge in [-0.1, -0.05) is 60.7 Å². The monoisotopic (exact) mass is 458 g/mol. The Bertz CT molecular complexity index is 969. The minimum Gasteiger partial charge on any atom is -0.319 e. The van der Waals surface area contributed by atoms with Crippen molar-refractivity contribution in [3.8, 4) is 0 Å². The summed E-state index contributed by atoms with van der Waals surface area (Å²) in [6, 6.07) is 18.9. The maximum absolute atomic E-state index is 12.7. The first-order valence-corrected chi connectivity index (χ1v) is 11.7. The number of hydrogen-bond acceptors (Lipinski definition) is 3. The molecule has 2 unspecified atom stereocenters. The summed E-state index contributed by atoms with van der Waals surface area (Å²) in [5.41, 5.74) is 1.90. The van der Waals surface area contributed by atoms with Gasteiger partial charge in [0.2, 0.25) is 11.8 Å². The van der Waals surface area contributed by atoms with Crippen LogP contribution in [0.1, 0.15) is 36.8 Å². The number of carbonyl (C=O) groups is 3. The lowest BCUT2D eigenvalue weighted by molar-refractivity contribution is -0.127. The highest BCUT2D eigenvalue weighted by atomic mass is 16.2. The van der Waals surface area contributed by atoms with Crippen LogP contribution in [0.2, 0.25) is 0 Å². The molecule has 4 amide bonds. The normalized spacial score (nSPS) is 20.2. The van der Waals surface area contributed by atoms with E-state index in [0.29, 0.717) is 25.9 Å². The molecule has 4 rings (SSSR count). The Balaban J connectivity index is 1.30. The summed E-state index contributed by atoms with van der Waals surface area (Å²) >= 11 is 0. The van der Waals surface area contributed by atoms with Crippen LogP contribution in [0.4, 0.5) is 4.79 Å². The smallest absolute Gasteiger partial charge is 0.318 e. The van der Waals surface area contributed by atoms with Crippen LogP contribution in [0, 0.1) is 0 Å². The predicted octanol–water partition coefficient (Wildman–Crippen LogP) is 3.61. The van der Waals surface area contributed by atoms with E-state index >= 15 is 0 Å². The Morgan fingerprint density at radius 2 is 1.09 bits per heavy atom. The summed E-state index contributed by atoms with van der Waals surface area (Å²) in [4.78, 5) is 41.5. The number of hydrogen-bond donors (Lipinski definition) is 2. The van der Waals surface area contributed by atoms with Gasteiger partial charge in [-0.2, -0.15) is 0 Å². The van der Waals surface area contributed by atoms with Gasteiger partial charge >= 0.3 is 6.03 Å². The molecule has 2 heterocycles. The van der Waals surface area contributed by atoms with Gasteiger partial charge < -0.3 is 20.4 Å². The molecule has 2 aliphatic rings. The third-order valence-electron chi connectivity index (χ3n) is 6.10. The SMILES string of the molecule is O=C(NC1CCCN1C(=O)C=Cc1ccccc1)NC1CCCN1C(=O)C=Cc1ccccc1. The van der Waals surface area contributed by atoms with Gasteiger partial charge in [-0.15, -0.1) is 0 Å². The molecule has 176 valence electrons. The standard InChI is InChI=1S/C27H30N4O3/c32-25(17-15-21-9-3-1-4-10-21)30-19-7-13-23(30)28-27(34)29-24-14-8-20-31(24)26(33)18-16-22-11-5-2-6-12-22/h1-6,9-12,15-18,23-24H,7-8,13-14,19-20H2,(H2,28,29,34). The third-order valence-corrected chi connectivity index (χ3v) is 6.10. The number of likely N-dealkylation sites (tertiary alicyclic amines) is 2. The van der Waals surface area contributed by atoms with Crippen molar-refractivity contribution in [1.82, 2.24) is 20.4 Å². The first-order chi connectivity index (χ1) is 16.6. The van der Waals surface area contributed by atoms with E-state index in [2.05, 4.69) is 10.6 Å². The van der Waals surface area contributed by atoms with Crippen molar-refractivity contribution in [3.63, 3.8) is 0 Å². The van der Waals surface area contributed by atoms with Gasteiger partial charge in [0.25, 0.3) is 0 Å². The van der Waals surface area contributed by atoms with Crippen LogP contribution in [-0.4, -0.2) is 53.1 Å². The van der Waals surface area contributed by atoms with Crippen molar-refractivity contribution in [1.29, 1.82) is 0 Å². The van der Waals surface area contributed by atoms with Crippen molar-refractivity contribution in [2.24, 2.45) is 0 Å². The molecule has 0 saturated carbocycles. The number of benzene rings is 2. The molecule has 0 radical (unpaired) electrons. The van der Waals surface area contributed by atoms with E-state index in [1.807, 2.05) is 60.7 Å². The zero-order valence-corrected chi connectivity index (χ0v) is 19.1. The fourth-order valence-electron chi connectivity index (χ4n) is 4.36. The molecule has 0 spiro atoms. The van der Waals surface area contributed by atoms with Gasteiger partial charge in [0.1, 0.15) is 12.3 Å². The second kappa shape index (κ2) is 11.3. The first kappa shape index (κ1) is 23.3. The molecule has 7 nitrogen and oxygen atoms in total. The second-order valence-corrected chi connectivity index (χ2v) is 8.49. The van der Waals surface area contributed by atoms with E-state index < -0.39 is 0 Å². The maximum Gasteiger partial charge on any atom is 0.318 e. The Hall–Kier alpha value is -3.87.